The summed E-state index contributed by atoms with van der Waals surface area (Å²) in [7, 11) is 4.52. The first-order chi connectivity index (χ1) is 12.7. The standard InChI is InChI=1S/C19H22N2O5/c1-23-17-8-7-15(10-18(17)24-2)12-21-20-11-14-5-4-6-16(9-14)26-13-19(22)25-3/h4-11,21H,12-13H2,1-3H3/b20-11-. The zero-order valence-corrected chi connectivity index (χ0v) is 15.0. The number of carbonyl (C=O) groups is 1. The first-order valence-electron chi connectivity index (χ1n) is 7.92. The van der Waals surface area contributed by atoms with E-state index in [0.717, 1.165) is 11.1 Å². The second-order valence-electron chi connectivity index (χ2n) is 5.22. The number of hydrogen-bond donors (Lipinski definition) is 1. The topological polar surface area (TPSA) is 78.4 Å². The van der Waals surface area contributed by atoms with Crippen molar-refractivity contribution in [2.45, 2.75) is 6.54 Å². The second-order valence-corrected chi connectivity index (χ2v) is 5.22. The van der Waals surface area contributed by atoms with E-state index in [9.17, 15) is 4.79 Å². The molecule has 0 aromatic heterocycles. The van der Waals surface area contributed by atoms with Gasteiger partial charge in [-0.15, -0.1) is 0 Å². The molecule has 0 heterocycles. The van der Waals surface area contributed by atoms with Crippen molar-refractivity contribution in [2.75, 3.05) is 27.9 Å². The fourth-order valence-electron chi connectivity index (χ4n) is 2.13. The van der Waals surface area contributed by atoms with E-state index in [-0.39, 0.29) is 6.61 Å². The third kappa shape index (κ3) is 5.70. The lowest BCUT2D eigenvalue weighted by Crippen LogP contribution is -2.12. The Bertz CT molecular complexity index is 761. The Kier molecular flexibility index (Phi) is 7.30. The lowest BCUT2D eigenvalue weighted by molar-refractivity contribution is -0.142. The number of carbonyl (C=O) groups excluding carboxylic acids is 1. The van der Waals surface area contributed by atoms with Gasteiger partial charge in [0.05, 0.1) is 34.1 Å². The van der Waals surface area contributed by atoms with Crippen LogP contribution in [0.4, 0.5) is 0 Å². The van der Waals surface area contributed by atoms with Gasteiger partial charge in [0.1, 0.15) is 5.75 Å². The molecule has 138 valence electrons. The van der Waals surface area contributed by atoms with Crippen LogP contribution in [-0.2, 0) is 16.1 Å². The number of benzene rings is 2. The minimum Gasteiger partial charge on any atom is -0.493 e. The van der Waals surface area contributed by atoms with Gasteiger partial charge >= 0.3 is 5.97 Å². The van der Waals surface area contributed by atoms with Crippen molar-refractivity contribution in [2.24, 2.45) is 5.10 Å². The third-order valence-corrected chi connectivity index (χ3v) is 3.48. The van der Waals surface area contributed by atoms with Crippen molar-refractivity contribution in [1.82, 2.24) is 5.43 Å². The molecular weight excluding hydrogens is 336 g/mol. The molecule has 1 N–H and O–H groups in total. The van der Waals surface area contributed by atoms with Crippen molar-refractivity contribution < 1.29 is 23.7 Å². The van der Waals surface area contributed by atoms with Crippen LogP contribution in [0.3, 0.4) is 0 Å². The molecule has 0 bridgehead atoms. The summed E-state index contributed by atoms with van der Waals surface area (Å²) < 4.78 is 20.4. The molecular formula is C19H22N2O5. The summed E-state index contributed by atoms with van der Waals surface area (Å²) in [5.41, 5.74) is 4.83. The zero-order chi connectivity index (χ0) is 18.8. The largest absolute Gasteiger partial charge is 0.493 e. The summed E-state index contributed by atoms with van der Waals surface area (Å²) in [5.74, 6) is 1.50. The van der Waals surface area contributed by atoms with Gasteiger partial charge in [-0.1, -0.05) is 18.2 Å². The Hall–Kier alpha value is -3.22. The van der Waals surface area contributed by atoms with Crippen LogP contribution < -0.4 is 19.6 Å². The molecule has 0 fully saturated rings. The summed E-state index contributed by atoms with van der Waals surface area (Å²) in [6.07, 6.45) is 1.67. The highest BCUT2D eigenvalue weighted by molar-refractivity contribution is 5.80. The van der Waals surface area contributed by atoms with Crippen molar-refractivity contribution in [3.05, 3.63) is 53.6 Å². The van der Waals surface area contributed by atoms with Gasteiger partial charge < -0.3 is 24.4 Å². The van der Waals surface area contributed by atoms with Gasteiger partial charge in [0.2, 0.25) is 0 Å². The molecule has 0 unspecified atom stereocenters. The molecule has 2 aromatic carbocycles. The maximum Gasteiger partial charge on any atom is 0.343 e. The molecule has 0 saturated heterocycles. The fourth-order valence-corrected chi connectivity index (χ4v) is 2.13. The van der Waals surface area contributed by atoms with Gasteiger partial charge in [0.15, 0.2) is 18.1 Å². The number of esters is 1. The molecule has 0 aliphatic carbocycles. The average Bonchev–Trinajstić information content (AvgIpc) is 2.69. The Morgan fingerprint density at radius 2 is 1.88 bits per heavy atom. The molecule has 2 rings (SSSR count). The lowest BCUT2D eigenvalue weighted by atomic mass is 10.2. The van der Waals surface area contributed by atoms with Crippen LogP contribution in [0.25, 0.3) is 0 Å². The number of hydrazone groups is 1. The smallest absolute Gasteiger partial charge is 0.343 e. The van der Waals surface area contributed by atoms with Crippen molar-refractivity contribution in [3.8, 4) is 17.2 Å². The summed E-state index contributed by atoms with van der Waals surface area (Å²) in [5, 5.41) is 4.19. The van der Waals surface area contributed by atoms with Crippen LogP contribution in [-0.4, -0.2) is 40.1 Å². The number of nitrogens with zero attached hydrogens (tertiary/aromatic N) is 1. The van der Waals surface area contributed by atoms with E-state index in [4.69, 9.17) is 14.2 Å². The molecule has 7 nitrogen and oxygen atoms in total. The quantitative estimate of drug-likeness (QED) is 0.421. The van der Waals surface area contributed by atoms with Crippen LogP contribution in [0, 0.1) is 0 Å². The Morgan fingerprint density at radius 3 is 2.62 bits per heavy atom. The SMILES string of the molecule is COC(=O)COc1cccc(/C=N\NCc2ccc(OC)c(OC)c2)c1. The maximum atomic E-state index is 11.1. The van der Waals surface area contributed by atoms with Gasteiger partial charge in [-0.3, -0.25) is 0 Å². The number of hydrogen-bond acceptors (Lipinski definition) is 7. The number of ether oxygens (including phenoxy) is 4. The monoisotopic (exact) mass is 358 g/mol. The summed E-state index contributed by atoms with van der Waals surface area (Å²) in [6, 6.07) is 12.9. The van der Waals surface area contributed by atoms with E-state index in [1.807, 2.05) is 30.3 Å². The van der Waals surface area contributed by atoms with Crippen LogP contribution in [0.15, 0.2) is 47.6 Å². The van der Waals surface area contributed by atoms with E-state index in [1.54, 1.807) is 32.6 Å². The predicted molar refractivity (Wildman–Crippen MR) is 97.9 cm³/mol. The Labute approximate surface area is 152 Å². The highest BCUT2D eigenvalue weighted by Crippen LogP contribution is 2.27. The van der Waals surface area contributed by atoms with Gasteiger partial charge in [-0.05, 0) is 35.4 Å². The molecule has 26 heavy (non-hydrogen) atoms. The molecule has 0 amide bonds. The average molecular weight is 358 g/mol. The molecule has 0 aliphatic heterocycles. The highest BCUT2D eigenvalue weighted by Gasteiger charge is 2.04. The number of nitrogens with one attached hydrogen (secondary N) is 1. The summed E-state index contributed by atoms with van der Waals surface area (Å²) in [6.45, 7) is 0.407. The predicted octanol–water partition coefficient (Wildman–Crippen LogP) is 2.38. The normalized spacial score (nSPS) is 10.4. The summed E-state index contributed by atoms with van der Waals surface area (Å²) in [4.78, 5) is 11.1. The first kappa shape index (κ1) is 19.1. The minimum absolute atomic E-state index is 0.130. The van der Waals surface area contributed by atoms with Gasteiger partial charge in [-0.25, -0.2) is 4.79 Å². The maximum absolute atomic E-state index is 11.1. The van der Waals surface area contributed by atoms with E-state index in [2.05, 4.69) is 15.3 Å². The minimum atomic E-state index is -0.430. The van der Waals surface area contributed by atoms with Crippen LogP contribution in [0.5, 0.6) is 17.2 Å². The van der Waals surface area contributed by atoms with E-state index < -0.39 is 5.97 Å². The van der Waals surface area contributed by atoms with Crippen LogP contribution in [0.1, 0.15) is 11.1 Å². The number of methoxy groups -OCH3 is 3. The Morgan fingerprint density at radius 1 is 1.08 bits per heavy atom. The molecule has 7 heteroatoms. The molecule has 0 spiro atoms. The van der Waals surface area contributed by atoms with Crippen LogP contribution >= 0.6 is 0 Å². The molecule has 0 aliphatic rings. The van der Waals surface area contributed by atoms with Crippen molar-refractivity contribution in [1.29, 1.82) is 0 Å². The van der Waals surface area contributed by atoms with E-state index in [1.165, 1.54) is 7.11 Å². The van der Waals surface area contributed by atoms with E-state index in [0.29, 0.717) is 23.8 Å². The van der Waals surface area contributed by atoms with Gasteiger partial charge in [-0.2, -0.15) is 5.10 Å². The van der Waals surface area contributed by atoms with Gasteiger partial charge in [0, 0.05) is 0 Å². The van der Waals surface area contributed by atoms with Gasteiger partial charge in [0.25, 0.3) is 0 Å². The molecule has 0 saturated carbocycles. The van der Waals surface area contributed by atoms with E-state index >= 15 is 0 Å². The first-order valence-corrected chi connectivity index (χ1v) is 7.92. The molecule has 0 atom stereocenters. The molecule has 0 radical (unpaired) electrons. The highest BCUT2D eigenvalue weighted by atomic mass is 16.6. The van der Waals surface area contributed by atoms with Crippen molar-refractivity contribution >= 4 is 12.2 Å². The molecule has 2 aromatic rings. The summed E-state index contributed by atoms with van der Waals surface area (Å²) >= 11 is 0. The fraction of sp³-hybridized carbons (Fsp3) is 0.263. The second kappa shape index (κ2) is 9.93. The van der Waals surface area contributed by atoms with Crippen molar-refractivity contribution in [3.63, 3.8) is 0 Å². The lowest BCUT2D eigenvalue weighted by Gasteiger charge is -2.09. The Balaban J connectivity index is 1.89. The zero-order valence-electron chi connectivity index (χ0n) is 15.0. The number of rotatable bonds is 9. The third-order valence-electron chi connectivity index (χ3n) is 3.48. The van der Waals surface area contributed by atoms with Crippen LogP contribution in [0.2, 0.25) is 0 Å².